The molecule has 0 radical (unpaired) electrons. The summed E-state index contributed by atoms with van der Waals surface area (Å²) in [6.07, 6.45) is 1.60. The highest BCUT2D eigenvalue weighted by Crippen LogP contribution is 2.06. The van der Waals surface area contributed by atoms with Crippen LogP contribution in [0, 0.1) is 0 Å². The minimum Gasteiger partial charge on any atom is -0.385 e. The molecule has 0 aromatic rings. The van der Waals surface area contributed by atoms with E-state index in [1.807, 2.05) is 0 Å². The van der Waals surface area contributed by atoms with Crippen molar-refractivity contribution in [2.75, 3.05) is 27.4 Å². The van der Waals surface area contributed by atoms with Gasteiger partial charge >= 0.3 is 0 Å². The average molecular weight is 205 g/mol. The number of hydrogen-bond donors (Lipinski definition) is 1. The predicted molar refractivity (Wildman–Crippen MR) is 57.3 cm³/mol. The molecule has 86 valence electrons. The Morgan fingerprint density at radius 3 is 2.07 bits per heavy atom. The lowest BCUT2D eigenvalue weighted by Gasteiger charge is -2.18. The Bertz CT molecular complexity index is 121. The quantitative estimate of drug-likeness (QED) is 0.542. The minimum absolute atomic E-state index is 0.00621. The Morgan fingerprint density at radius 1 is 1.29 bits per heavy atom. The van der Waals surface area contributed by atoms with E-state index in [1.165, 1.54) is 0 Å². The molecule has 0 unspecified atom stereocenters. The van der Waals surface area contributed by atoms with Crippen LogP contribution in [0.25, 0.3) is 0 Å². The molecule has 0 saturated heterocycles. The highest BCUT2D eigenvalue weighted by molar-refractivity contribution is 5.44. The third kappa shape index (κ3) is 22.5. The summed E-state index contributed by atoms with van der Waals surface area (Å²) in [5.41, 5.74) is -0.00621. The normalized spacial score (nSPS) is 10.1. The molecule has 4 heteroatoms. The van der Waals surface area contributed by atoms with E-state index < -0.39 is 0 Å². The molecule has 0 aliphatic carbocycles. The molecule has 0 heterocycles. The van der Waals surface area contributed by atoms with Crippen molar-refractivity contribution in [2.24, 2.45) is 0 Å². The molecule has 1 N–H and O–H groups in total. The van der Waals surface area contributed by atoms with Gasteiger partial charge in [0.25, 0.3) is 0 Å². The van der Waals surface area contributed by atoms with Crippen LogP contribution in [-0.4, -0.2) is 39.4 Å². The second-order valence-corrected chi connectivity index (χ2v) is 3.71. The lowest BCUT2D eigenvalue weighted by Crippen LogP contribution is -2.20. The van der Waals surface area contributed by atoms with Gasteiger partial charge in [-0.2, -0.15) is 0 Å². The van der Waals surface area contributed by atoms with Crippen LogP contribution in [0.1, 0.15) is 27.2 Å². The first-order valence-corrected chi connectivity index (χ1v) is 4.71. The van der Waals surface area contributed by atoms with Crippen molar-refractivity contribution in [2.45, 2.75) is 32.8 Å². The van der Waals surface area contributed by atoms with Crippen LogP contribution in [0.4, 0.5) is 0 Å². The summed E-state index contributed by atoms with van der Waals surface area (Å²) in [4.78, 5) is 9.06. The van der Waals surface area contributed by atoms with Crippen molar-refractivity contribution in [3.63, 3.8) is 0 Å². The molecule has 0 spiro atoms. The second-order valence-electron chi connectivity index (χ2n) is 3.71. The van der Waals surface area contributed by atoms with Gasteiger partial charge in [-0.3, -0.25) is 4.79 Å². The van der Waals surface area contributed by atoms with Crippen LogP contribution in [0.2, 0.25) is 0 Å². The lowest BCUT2D eigenvalue weighted by atomic mass is 10.2. The van der Waals surface area contributed by atoms with E-state index in [-0.39, 0.29) is 5.60 Å². The average Bonchev–Trinajstić information content (AvgIpc) is 2.11. The zero-order valence-corrected chi connectivity index (χ0v) is 9.92. The first-order chi connectivity index (χ1) is 6.47. The van der Waals surface area contributed by atoms with Crippen LogP contribution < -0.4 is 5.32 Å². The van der Waals surface area contributed by atoms with Crippen LogP contribution >= 0.6 is 0 Å². The number of methoxy groups -OCH3 is 1. The molecule has 0 saturated carbocycles. The van der Waals surface area contributed by atoms with Crippen LogP contribution in [0.15, 0.2) is 0 Å². The van der Waals surface area contributed by atoms with E-state index in [0.29, 0.717) is 6.41 Å². The summed E-state index contributed by atoms with van der Waals surface area (Å²) >= 11 is 0. The molecule has 0 fully saturated rings. The number of nitrogens with one attached hydrogen (secondary N) is 1. The van der Waals surface area contributed by atoms with E-state index in [1.54, 1.807) is 14.2 Å². The molecule has 4 nitrogen and oxygen atoms in total. The highest BCUT2D eigenvalue weighted by Gasteiger charge is 2.08. The predicted octanol–water partition coefficient (Wildman–Crippen LogP) is 1.20. The maximum Gasteiger partial charge on any atom is 0.206 e. The fourth-order valence-electron chi connectivity index (χ4n) is 0.582. The van der Waals surface area contributed by atoms with Crippen molar-refractivity contribution in [1.29, 1.82) is 0 Å². The molecule has 0 bridgehead atoms. The molecule has 0 atom stereocenters. The number of carbonyl (C=O) groups excluding carboxylic acids is 1. The third-order valence-electron chi connectivity index (χ3n) is 1.15. The molecule has 0 aliphatic rings. The SMILES string of the molecule is CNC=O.COCCCOC(C)(C)C. The number of rotatable bonds is 5. The summed E-state index contributed by atoms with van der Waals surface area (Å²) in [7, 11) is 3.27. The van der Waals surface area contributed by atoms with E-state index >= 15 is 0 Å². The highest BCUT2D eigenvalue weighted by atomic mass is 16.5. The van der Waals surface area contributed by atoms with Gasteiger partial charge in [0.05, 0.1) is 5.60 Å². The lowest BCUT2D eigenvalue weighted by molar-refractivity contribution is -0.109. The number of amides is 1. The van der Waals surface area contributed by atoms with E-state index in [4.69, 9.17) is 14.3 Å². The number of ether oxygens (including phenoxy) is 2. The van der Waals surface area contributed by atoms with Gasteiger partial charge in [0.1, 0.15) is 0 Å². The van der Waals surface area contributed by atoms with Gasteiger partial charge in [0.2, 0.25) is 6.41 Å². The van der Waals surface area contributed by atoms with Gasteiger partial charge in [-0.05, 0) is 27.2 Å². The van der Waals surface area contributed by atoms with Gasteiger partial charge in [-0.15, -0.1) is 0 Å². The Labute approximate surface area is 87.0 Å². The van der Waals surface area contributed by atoms with Crippen molar-refractivity contribution >= 4 is 6.41 Å². The molecule has 1 amide bonds. The van der Waals surface area contributed by atoms with E-state index in [0.717, 1.165) is 19.6 Å². The number of carbonyl (C=O) groups is 1. The Kier molecular flexibility index (Phi) is 11.9. The molecular weight excluding hydrogens is 182 g/mol. The molecule has 0 aromatic heterocycles. The summed E-state index contributed by atoms with van der Waals surface area (Å²) in [6, 6.07) is 0. The molecule has 0 aromatic carbocycles. The second kappa shape index (κ2) is 10.5. The van der Waals surface area contributed by atoms with Gasteiger partial charge < -0.3 is 14.8 Å². The van der Waals surface area contributed by atoms with Gasteiger partial charge in [0.15, 0.2) is 0 Å². The molecule has 0 rings (SSSR count). The van der Waals surface area contributed by atoms with Crippen molar-refractivity contribution in [3.8, 4) is 0 Å². The fourth-order valence-corrected chi connectivity index (χ4v) is 0.582. The summed E-state index contributed by atoms with van der Waals surface area (Å²) in [5.74, 6) is 0. The van der Waals surface area contributed by atoms with E-state index in [2.05, 4.69) is 26.1 Å². The monoisotopic (exact) mass is 205 g/mol. The van der Waals surface area contributed by atoms with Crippen molar-refractivity contribution in [1.82, 2.24) is 5.32 Å². The summed E-state index contributed by atoms with van der Waals surface area (Å²) in [5, 5.41) is 2.25. The first-order valence-electron chi connectivity index (χ1n) is 4.71. The van der Waals surface area contributed by atoms with Gasteiger partial charge in [-0.1, -0.05) is 0 Å². The third-order valence-corrected chi connectivity index (χ3v) is 1.15. The van der Waals surface area contributed by atoms with Crippen molar-refractivity contribution in [3.05, 3.63) is 0 Å². The molecule has 14 heavy (non-hydrogen) atoms. The molecular formula is C10H23NO3. The summed E-state index contributed by atoms with van der Waals surface area (Å²) in [6.45, 7) is 7.74. The van der Waals surface area contributed by atoms with Crippen LogP contribution in [0.3, 0.4) is 0 Å². The van der Waals surface area contributed by atoms with Crippen LogP contribution in [-0.2, 0) is 14.3 Å². The minimum atomic E-state index is -0.00621. The Morgan fingerprint density at radius 2 is 1.79 bits per heavy atom. The zero-order valence-electron chi connectivity index (χ0n) is 9.92. The standard InChI is InChI=1S/C8H18O2.C2H5NO/c1-8(2,3)10-7-5-6-9-4;1-3-2-4/h5-7H2,1-4H3;2H,1H3,(H,3,4). The van der Waals surface area contributed by atoms with E-state index in [9.17, 15) is 0 Å². The first kappa shape index (κ1) is 15.8. The maximum atomic E-state index is 9.06. The Balaban J connectivity index is 0. The topological polar surface area (TPSA) is 47.6 Å². The van der Waals surface area contributed by atoms with Crippen molar-refractivity contribution < 1.29 is 14.3 Å². The van der Waals surface area contributed by atoms with Gasteiger partial charge in [-0.25, -0.2) is 0 Å². The Hall–Kier alpha value is -0.610. The molecule has 0 aliphatic heterocycles. The van der Waals surface area contributed by atoms with Crippen LogP contribution in [0.5, 0.6) is 0 Å². The fraction of sp³-hybridized carbons (Fsp3) is 0.900. The summed E-state index contributed by atoms with van der Waals surface area (Å²) < 4.78 is 10.3. The maximum absolute atomic E-state index is 9.06. The largest absolute Gasteiger partial charge is 0.385 e. The zero-order chi connectivity index (χ0) is 11.4. The smallest absolute Gasteiger partial charge is 0.206 e. The van der Waals surface area contributed by atoms with Gasteiger partial charge in [0, 0.05) is 27.4 Å². The number of hydrogen-bond acceptors (Lipinski definition) is 3.